The Morgan fingerprint density at radius 1 is 1.07 bits per heavy atom. The largest absolute Gasteiger partial charge is 0.452 e. The number of hydrogen-bond donors (Lipinski definition) is 0. The molecule has 2 unspecified atom stereocenters. The van der Waals surface area contributed by atoms with Crippen LogP contribution in [0.15, 0.2) is 24.3 Å². The number of nitrogens with zero attached hydrogens (tertiary/aromatic N) is 2. The maximum Gasteiger partial charge on any atom is 0.339 e. The number of aromatic nitrogens is 1. The van der Waals surface area contributed by atoms with E-state index in [-0.39, 0.29) is 24.6 Å². The van der Waals surface area contributed by atoms with Crippen molar-refractivity contribution in [1.29, 1.82) is 0 Å². The van der Waals surface area contributed by atoms with Crippen LogP contribution in [0.1, 0.15) is 67.6 Å². The zero-order valence-corrected chi connectivity index (χ0v) is 16.7. The number of para-hydroxylation sites is 1. The van der Waals surface area contributed by atoms with Crippen molar-refractivity contribution in [1.82, 2.24) is 9.88 Å². The van der Waals surface area contributed by atoms with Crippen LogP contribution in [0.2, 0.25) is 0 Å². The molecule has 2 aliphatic rings. The van der Waals surface area contributed by atoms with Crippen LogP contribution in [0.25, 0.3) is 10.9 Å². The molecule has 5 nitrogen and oxygen atoms in total. The summed E-state index contributed by atoms with van der Waals surface area (Å²) in [6.45, 7) is 3.95. The van der Waals surface area contributed by atoms with Gasteiger partial charge in [0, 0.05) is 23.2 Å². The zero-order chi connectivity index (χ0) is 19.7. The quantitative estimate of drug-likeness (QED) is 0.754. The van der Waals surface area contributed by atoms with Crippen LogP contribution in [0.4, 0.5) is 0 Å². The number of esters is 1. The summed E-state index contributed by atoms with van der Waals surface area (Å²) in [4.78, 5) is 32.5. The molecule has 1 aromatic carbocycles. The third-order valence-electron chi connectivity index (χ3n) is 6.18. The molecule has 0 N–H and O–H groups in total. The van der Waals surface area contributed by atoms with Crippen LogP contribution in [0.5, 0.6) is 0 Å². The predicted molar refractivity (Wildman–Crippen MR) is 108 cm³/mol. The summed E-state index contributed by atoms with van der Waals surface area (Å²) in [6, 6.07) is 8.10. The molecule has 148 valence electrons. The number of fused-ring (bicyclic) bond motifs is 2. The number of likely N-dealkylation sites (tertiary alicyclic amines) is 1. The first-order valence-corrected chi connectivity index (χ1v) is 10.4. The van der Waals surface area contributed by atoms with Gasteiger partial charge in [-0.25, -0.2) is 4.79 Å². The van der Waals surface area contributed by atoms with E-state index in [1.165, 1.54) is 0 Å². The summed E-state index contributed by atoms with van der Waals surface area (Å²) in [5.41, 5.74) is 3.43. The van der Waals surface area contributed by atoms with Crippen molar-refractivity contribution >= 4 is 22.8 Å². The predicted octanol–water partition coefficient (Wildman–Crippen LogP) is 4.06. The van der Waals surface area contributed by atoms with E-state index in [1.54, 1.807) is 0 Å². The molecule has 1 aliphatic carbocycles. The maximum atomic E-state index is 13.1. The van der Waals surface area contributed by atoms with Crippen molar-refractivity contribution in [3.8, 4) is 0 Å². The molecule has 0 radical (unpaired) electrons. The Bertz CT molecular complexity index is 898. The van der Waals surface area contributed by atoms with Gasteiger partial charge in [0.1, 0.15) is 0 Å². The van der Waals surface area contributed by atoms with Crippen LogP contribution in [0, 0.1) is 0 Å². The summed E-state index contributed by atoms with van der Waals surface area (Å²) >= 11 is 0. The molecular weight excluding hydrogens is 352 g/mol. The third kappa shape index (κ3) is 3.50. The van der Waals surface area contributed by atoms with E-state index in [4.69, 9.17) is 9.72 Å². The van der Waals surface area contributed by atoms with Gasteiger partial charge >= 0.3 is 5.97 Å². The highest BCUT2D eigenvalue weighted by molar-refractivity contribution is 6.05. The van der Waals surface area contributed by atoms with Gasteiger partial charge < -0.3 is 9.64 Å². The molecule has 2 aromatic rings. The summed E-state index contributed by atoms with van der Waals surface area (Å²) in [6.07, 6.45) is 7.03. The Hall–Kier alpha value is -2.43. The average molecular weight is 380 g/mol. The van der Waals surface area contributed by atoms with Gasteiger partial charge in [0.15, 0.2) is 6.61 Å². The van der Waals surface area contributed by atoms with Crippen molar-refractivity contribution in [3.05, 3.63) is 41.1 Å². The molecule has 1 amide bonds. The standard InChI is InChI=1S/C23H28N2O3/c1-15-8-7-9-16(2)25(15)21(26)14-28-23(27)22-17-10-3-5-12-19(17)24-20-13-6-4-11-18(20)22/h3,5,10,12,15-16H,4,6-9,11,13-14H2,1-2H3. The lowest BCUT2D eigenvalue weighted by Gasteiger charge is -2.38. The van der Waals surface area contributed by atoms with Crippen molar-refractivity contribution in [2.24, 2.45) is 0 Å². The van der Waals surface area contributed by atoms with E-state index in [9.17, 15) is 9.59 Å². The summed E-state index contributed by atoms with van der Waals surface area (Å²) in [5, 5.41) is 0.820. The summed E-state index contributed by atoms with van der Waals surface area (Å²) in [7, 11) is 0. The Labute approximate surface area is 166 Å². The number of rotatable bonds is 3. The fourth-order valence-corrected chi connectivity index (χ4v) is 4.79. The number of piperidine rings is 1. The molecule has 1 saturated heterocycles. The van der Waals surface area contributed by atoms with Crippen LogP contribution >= 0.6 is 0 Å². The lowest BCUT2D eigenvalue weighted by Crippen LogP contribution is -2.49. The fourth-order valence-electron chi connectivity index (χ4n) is 4.79. The van der Waals surface area contributed by atoms with E-state index in [0.717, 1.165) is 67.1 Å². The minimum absolute atomic E-state index is 0.0970. The Balaban J connectivity index is 1.58. The summed E-state index contributed by atoms with van der Waals surface area (Å²) < 4.78 is 5.56. The number of ether oxygens (including phenoxy) is 1. The summed E-state index contributed by atoms with van der Waals surface area (Å²) in [5.74, 6) is -0.498. The highest BCUT2D eigenvalue weighted by Crippen LogP contribution is 2.30. The van der Waals surface area contributed by atoms with Crippen LogP contribution in [0.3, 0.4) is 0 Å². The monoisotopic (exact) mass is 380 g/mol. The van der Waals surface area contributed by atoms with Crippen molar-refractivity contribution in [3.63, 3.8) is 0 Å². The Morgan fingerprint density at radius 2 is 1.79 bits per heavy atom. The topological polar surface area (TPSA) is 59.5 Å². The number of hydrogen-bond acceptors (Lipinski definition) is 4. The molecule has 2 atom stereocenters. The average Bonchev–Trinajstić information content (AvgIpc) is 2.70. The molecule has 5 heteroatoms. The van der Waals surface area contributed by atoms with Gasteiger partial charge in [0.25, 0.3) is 5.91 Å². The molecule has 1 fully saturated rings. The van der Waals surface area contributed by atoms with Gasteiger partial charge in [0.2, 0.25) is 0 Å². The smallest absolute Gasteiger partial charge is 0.339 e. The van der Waals surface area contributed by atoms with Crippen LogP contribution in [-0.2, 0) is 22.4 Å². The number of aryl methyl sites for hydroxylation is 1. The highest BCUT2D eigenvalue weighted by Gasteiger charge is 2.30. The minimum Gasteiger partial charge on any atom is -0.452 e. The second kappa shape index (κ2) is 7.90. The van der Waals surface area contributed by atoms with Gasteiger partial charge in [-0.3, -0.25) is 9.78 Å². The molecule has 28 heavy (non-hydrogen) atoms. The van der Waals surface area contributed by atoms with Crippen LogP contribution < -0.4 is 0 Å². The van der Waals surface area contributed by atoms with E-state index in [2.05, 4.69) is 13.8 Å². The highest BCUT2D eigenvalue weighted by atomic mass is 16.5. The Morgan fingerprint density at radius 3 is 2.57 bits per heavy atom. The van der Waals surface area contributed by atoms with Crippen molar-refractivity contribution in [2.45, 2.75) is 70.9 Å². The number of pyridine rings is 1. The maximum absolute atomic E-state index is 13.1. The normalized spacial score (nSPS) is 22.0. The SMILES string of the molecule is CC1CCCC(C)N1C(=O)COC(=O)c1c2c(nc3ccccc13)CCCC2. The molecule has 1 aliphatic heterocycles. The molecule has 0 spiro atoms. The number of carbonyl (C=O) groups is 2. The minimum atomic E-state index is -0.401. The molecule has 0 saturated carbocycles. The van der Waals surface area contributed by atoms with E-state index >= 15 is 0 Å². The van der Waals surface area contributed by atoms with E-state index in [1.807, 2.05) is 29.2 Å². The first kappa shape index (κ1) is 18.9. The molecule has 0 bridgehead atoms. The van der Waals surface area contributed by atoms with E-state index in [0.29, 0.717) is 5.56 Å². The molecule has 4 rings (SSSR count). The lowest BCUT2D eigenvalue weighted by atomic mass is 9.90. The van der Waals surface area contributed by atoms with Crippen molar-refractivity contribution < 1.29 is 14.3 Å². The van der Waals surface area contributed by atoms with Gasteiger partial charge in [0.05, 0.1) is 11.1 Å². The van der Waals surface area contributed by atoms with Crippen LogP contribution in [-0.4, -0.2) is 40.5 Å². The van der Waals surface area contributed by atoms with Crippen molar-refractivity contribution in [2.75, 3.05) is 6.61 Å². The first-order chi connectivity index (χ1) is 13.6. The second-order valence-corrected chi connectivity index (χ2v) is 8.14. The number of carbonyl (C=O) groups excluding carboxylic acids is 2. The zero-order valence-electron chi connectivity index (χ0n) is 16.7. The number of amides is 1. The molecule has 2 heterocycles. The van der Waals surface area contributed by atoms with Gasteiger partial charge in [-0.1, -0.05) is 18.2 Å². The second-order valence-electron chi connectivity index (χ2n) is 8.14. The molecule has 1 aromatic heterocycles. The Kier molecular flexibility index (Phi) is 5.33. The third-order valence-corrected chi connectivity index (χ3v) is 6.18. The fraction of sp³-hybridized carbons (Fsp3) is 0.522. The molecular formula is C23H28N2O3. The van der Waals surface area contributed by atoms with Gasteiger partial charge in [-0.2, -0.15) is 0 Å². The lowest BCUT2D eigenvalue weighted by molar-refractivity contribution is -0.140. The first-order valence-electron chi connectivity index (χ1n) is 10.4. The van der Waals surface area contributed by atoms with Gasteiger partial charge in [-0.05, 0) is 70.4 Å². The van der Waals surface area contributed by atoms with Gasteiger partial charge in [-0.15, -0.1) is 0 Å². The van der Waals surface area contributed by atoms with E-state index < -0.39 is 5.97 Å². The number of benzene rings is 1.